The average Bonchev–Trinajstić information content (AvgIpc) is 2.19. The Morgan fingerprint density at radius 1 is 1.44 bits per heavy atom. The lowest BCUT2D eigenvalue weighted by atomic mass is 10.1. The molecule has 1 aromatic carbocycles. The summed E-state index contributed by atoms with van der Waals surface area (Å²) in [5, 5.41) is 18.2. The Hall–Kier alpha value is -1.71. The van der Waals surface area contributed by atoms with E-state index in [0.717, 1.165) is 6.42 Å². The van der Waals surface area contributed by atoms with Crippen molar-refractivity contribution >= 4 is 5.97 Å². The van der Waals surface area contributed by atoms with Crippen LogP contribution in [-0.4, -0.2) is 22.8 Å². The van der Waals surface area contributed by atoms with Crippen LogP contribution in [0.2, 0.25) is 0 Å². The van der Waals surface area contributed by atoms with Crippen molar-refractivity contribution in [1.82, 2.24) is 0 Å². The predicted molar refractivity (Wildman–Crippen MR) is 60.0 cm³/mol. The van der Waals surface area contributed by atoms with Gasteiger partial charge in [0.05, 0.1) is 12.2 Å². The van der Waals surface area contributed by atoms with Gasteiger partial charge < -0.3 is 14.9 Å². The monoisotopic (exact) mass is 224 g/mol. The van der Waals surface area contributed by atoms with Crippen molar-refractivity contribution in [3.63, 3.8) is 0 Å². The summed E-state index contributed by atoms with van der Waals surface area (Å²) in [6.07, 6.45) is 0.889. The number of hydrogen-bond donors (Lipinski definition) is 2. The van der Waals surface area contributed by atoms with Crippen LogP contribution in [0.15, 0.2) is 18.2 Å². The van der Waals surface area contributed by atoms with Gasteiger partial charge >= 0.3 is 5.97 Å². The minimum atomic E-state index is -1.07. The Morgan fingerprint density at radius 2 is 2.12 bits per heavy atom. The highest BCUT2D eigenvalue weighted by Crippen LogP contribution is 2.27. The SMILES string of the molecule is CC(C)CCOc1ccc(C(=O)O)cc1O. The van der Waals surface area contributed by atoms with Gasteiger partial charge in [0.15, 0.2) is 11.5 Å². The molecule has 88 valence electrons. The van der Waals surface area contributed by atoms with Gasteiger partial charge in [-0.05, 0) is 30.5 Å². The highest BCUT2D eigenvalue weighted by atomic mass is 16.5. The van der Waals surface area contributed by atoms with Crippen LogP contribution in [-0.2, 0) is 0 Å². The van der Waals surface area contributed by atoms with Crippen LogP contribution in [0.4, 0.5) is 0 Å². The van der Waals surface area contributed by atoms with Gasteiger partial charge in [-0.15, -0.1) is 0 Å². The maximum atomic E-state index is 10.6. The second-order valence-electron chi connectivity index (χ2n) is 4.02. The summed E-state index contributed by atoms with van der Waals surface area (Å²) in [5.74, 6) is -0.348. The number of rotatable bonds is 5. The molecule has 0 aliphatic heterocycles. The summed E-state index contributed by atoms with van der Waals surface area (Å²) in [7, 11) is 0. The normalized spacial score (nSPS) is 10.4. The molecule has 0 bridgehead atoms. The minimum absolute atomic E-state index is 0.0497. The zero-order chi connectivity index (χ0) is 12.1. The van der Waals surface area contributed by atoms with Crippen LogP contribution in [0, 0.1) is 5.92 Å². The number of carboxylic acid groups (broad SMARTS) is 1. The van der Waals surface area contributed by atoms with E-state index in [0.29, 0.717) is 18.3 Å². The van der Waals surface area contributed by atoms with E-state index in [-0.39, 0.29) is 11.3 Å². The van der Waals surface area contributed by atoms with E-state index in [1.54, 1.807) is 0 Å². The van der Waals surface area contributed by atoms with Crippen LogP contribution < -0.4 is 4.74 Å². The molecule has 0 heterocycles. The van der Waals surface area contributed by atoms with Crippen molar-refractivity contribution in [3.05, 3.63) is 23.8 Å². The standard InChI is InChI=1S/C12H16O4/c1-8(2)5-6-16-11-4-3-9(12(14)15)7-10(11)13/h3-4,7-8,13H,5-6H2,1-2H3,(H,14,15). The Bertz CT molecular complexity index is 371. The molecule has 0 amide bonds. The lowest BCUT2D eigenvalue weighted by Crippen LogP contribution is -2.02. The second-order valence-corrected chi connectivity index (χ2v) is 4.02. The van der Waals surface area contributed by atoms with Crippen molar-refractivity contribution < 1.29 is 19.7 Å². The van der Waals surface area contributed by atoms with E-state index in [2.05, 4.69) is 13.8 Å². The number of carboxylic acids is 1. The number of phenols is 1. The summed E-state index contributed by atoms with van der Waals surface area (Å²) in [6.45, 7) is 4.67. The van der Waals surface area contributed by atoms with E-state index in [4.69, 9.17) is 9.84 Å². The average molecular weight is 224 g/mol. The summed E-state index contributed by atoms with van der Waals surface area (Å²) in [6, 6.07) is 4.07. The first-order valence-corrected chi connectivity index (χ1v) is 5.20. The number of hydrogen-bond acceptors (Lipinski definition) is 3. The number of aromatic hydroxyl groups is 1. The van der Waals surface area contributed by atoms with Crippen LogP contribution >= 0.6 is 0 Å². The van der Waals surface area contributed by atoms with Crippen LogP contribution in [0.5, 0.6) is 11.5 Å². The molecule has 0 unspecified atom stereocenters. The molecule has 0 aliphatic rings. The molecule has 16 heavy (non-hydrogen) atoms. The maximum Gasteiger partial charge on any atom is 0.335 e. The van der Waals surface area contributed by atoms with E-state index in [9.17, 15) is 9.90 Å². The minimum Gasteiger partial charge on any atom is -0.504 e. The van der Waals surface area contributed by atoms with E-state index < -0.39 is 5.97 Å². The third-order valence-electron chi connectivity index (χ3n) is 2.16. The van der Waals surface area contributed by atoms with Crippen molar-refractivity contribution in [2.75, 3.05) is 6.61 Å². The van der Waals surface area contributed by atoms with Crippen molar-refractivity contribution in [2.24, 2.45) is 5.92 Å². The van der Waals surface area contributed by atoms with Gasteiger partial charge in [0.1, 0.15) is 0 Å². The summed E-state index contributed by atoms with van der Waals surface area (Å²) in [5.41, 5.74) is 0.0497. The Kier molecular flexibility index (Phi) is 4.17. The first-order valence-electron chi connectivity index (χ1n) is 5.20. The molecule has 1 rings (SSSR count). The largest absolute Gasteiger partial charge is 0.504 e. The summed E-state index contributed by atoms with van der Waals surface area (Å²) >= 11 is 0. The van der Waals surface area contributed by atoms with Gasteiger partial charge in [0.25, 0.3) is 0 Å². The van der Waals surface area contributed by atoms with Gasteiger partial charge in [-0.1, -0.05) is 13.8 Å². The predicted octanol–water partition coefficient (Wildman–Crippen LogP) is 2.52. The number of benzene rings is 1. The smallest absolute Gasteiger partial charge is 0.335 e. The van der Waals surface area contributed by atoms with Gasteiger partial charge in [-0.2, -0.15) is 0 Å². The first-order chi connectivity index (χ1) is 7.50. The molecular formula is C12H16O4. The Morgan fingerprint density at radius 3 is 2.62 bits per heavy atom. The van der Waals surface area contributed by atoms with Gasteiger partial charge in [-0.3, -0.25) is 0 Å². The molecule has 4 nitrogen and oxygen atoms in total. The molecule has 0 atom stereocenters. The van der Waals surface area contributed by atoms with Crippen LogP contribution in [0.1, 0.15) is 30.6 Å². The topological polar surface area (TPSA) is 66.8 Å². The lowest BCUT2D eigenvalue weighted by molar-refractivity contribution is 0.0696. The molecule has 4 heteroatoms. The third-order valence-corrected chi connectivity index (χ3v) is 2.16. The highest BCUT2D eigenvalue weighted by Gasteiger charge is 2.08. The highest BCUT2D eigenvalue weighted by molar-refractivity contribution is 5.88. The quantitative estimate of drug-likeness (QED) is 0.806. The van der Waals surface area contributed by atoms with Gasteiger partial charge in [0.2, 0.25) is 0 Å². The molecule has 0 fully saturated rings. The fourth-order valence-corrected chi connectivity index (χ4v) is 1.18. The summed E-state index contributed by atoms with van der Waals surface area (Å²) < 4.78 is 5.34. The fourth-order valence-electron chi connectivity index (χ4n) is 1.18. The molecule has 0 radical (unpaired) electrons. The number of phenolic OH excluding ortho intramolecular Hbond substituents is 1. The molecule has 0 saturated heterocycles. The molecule has 2 N–H and O–H groups in total. The third kappa shape index (κ3) is 3.46. The van der Waals surface area contributed by atoms with Crippen LogP contribution in [0.3, 0.4) is 0 Å². The number of carbonyl (C=O) groups is 1. The zero-order valence-corrected chi connectivity index (χ0v) is 9.43. The van der Waals surface area contributed by atoms with Crippen molar-refractivity contribution in [3.8, 4) is 11.5 Å². The molecule has 0 saturated carbocycles. The molecule has 0 aromatic heterocycles. The molecule has 0 aliphatic carbocycles. The molecular weight excluding hydrogens is 208 g/mol. The van der Waals surface area contributed by atoms with Gasteiger partial charge in [-0.25, -0.2) is 4.79 Å². The second kappa shape index (κ2) is 5.39. The number of ether oxygens (including phenoxy) is 1. The summed E-state index contributed by atoms with van der Waals surface area (Å²) in [4.78, 5) is 10.6. The van der Waals surface area contributed by atoms with E-state index in [1.807, 2.05) is 0 Å². The molecule has 1 aromatic rings. The zero-order valence-electron chi connectivity index (χ0n) is 9.43. The number of aromatic carboxylic acids is 1. The lowest BCUT2D eigenvalue weighted by Gasteiger charge is -2.09. The van der Waals surface area contributed by atoms with E-state index in [1.165, 1.54) is 18.2 Å². The maximum absolute atomic E-state index is 10.6. The Balaban J connectivity index is 2.64. The Labute approximate surface area is 94.5 Å². The van der Waals surface area contributed by atoms with Crippen molar-refractivity contribution in [1.29, 1.82) is 0 Å². The van der Waals surface area contributed by atoms with Gasteiger partial charge in [0, 0.05) is 0 Å². The van der Waals surface area contributed by atoms with E-state index >= 15 is 0 Å². The van der Waals surface area contributed by atoms with Crippen LogP contribution in [0.25, 0.3) is 0 Å². The van der Waals surface area contributed by atoms with Crippen molar-refractivity contribution in [2.45, 2.75) is 20.3 Å². The fraction of sp³-hybridized carbons (Fsp3) is 0.417. The first kappa shape index (κ1) is 12.4. The molecule has 0 spiro atoms.